The second-order valence-corrected chi connectivity index (χ2v) is 8.11. The van der Waals surface area contributed by atoms with E-state index in [9.17, 15) is 14.9 Å². The molecule has 0 atom stereocenters. The first-order valence-electron chi connectivity index (χ1n) is 10.9. The molecule has 4 rings (SSSR count). The maximum absolute atomic E-state index is 12.9. The summed E-state index contributed by atoms with van der Waals surface area (Å²) in [6, 6.07) is 17.1. The van der Waals surface area contributed by atoms with Crippen LogP contribution in [0.1, 0.15) is 18.4 Å². The number of carbonyl (C=O) groups excluding carboxylic acids is 1. The molecule has 1 fully saturated rings. The molecule has 0 radical (unpaired) electrons. The largest absolute Gasteiger partial charge is 0.340 e. The fraction of sp³-hybridized carbons (Fsp3) is 0.375. The predicted molar refractivity (Wildman–Crippen MR) is 121 cm³/mol. The lowest BCUT2D eigenvalue weighted by atomic mass is 10.1. The Morgan fingerprint density at radius 2 is 1.84 bits per heavy atom. The average molecular weight is 421 g/mol. The third kappa shape index (κ3) is 5.30. The maximum Gasteiger partial charge on any atom is 0.270 e. The number of nitrogens with zero attached hydrogens (tertiary/aromatic N) is 4. The second kappa shape index (κ2) is 9.75. The molecule has 0 N–H and O–H groups in total. The molecule has 1 aromatic heterocycles. The minimum atomic E-state index is -0.398. The van der Waals surface area contributed by atoms with Crippen LogP contribution in [0.5, 0.6) is 0 Å². The summed E-state index contributed by atoms with van der Waals surface area (Å²) in [5.74, 6) is 0.0991. The minimum absolute atomic E-state index is 0.0662. The van der Waals surface area contributed by atoms with Gasteiger partial charge in [-0.3, -0.25) is 14.9 Å². The number of hydrogen-bond acceptors (Lipinski definition) is 4. The van der Waals surface area contributed by atoms with Crippen molar-refractivity contribution in [3.63, 3.8) is 0 Å². The number of hydrogen-bond donors (Lipinski definition) is 0. The Balaban J connectivity index is 1.29. The fourth-order valence-electron chi connectivity index (χ4n) is 4.28. The number of nitro groups is 1. The van der Waals surface area contributed by atoms with Gasteiger partial charge >= 0.3 is 0 Å². The number of benzene rings is 2. The third-order valence-electron chi connectivity index (χ3n) is 5.99. The lowest BCUT2D eigenvalue weighted by Crippen LogP contribution is -2.37. The summed E-state index contributed by atoms with van der Waals surface area (Å²) in [5, 5.41) is 11.7. The van der Waals surface area contributed by atoms with Gasteiger partial charge in [-0.25, -0.2) is 0 Å². The van der Waals surface area contributed by atoms with Crippen LogP contribution >= 0.6 is 0 Å². The molecule has 162 valence electrons. The van der Waals surface area contributed by atoms with Gasteiger partial charge in [0.2, 0.25) is 5.91 Å². The summed E-state index contributed by atoms with van der Waals surface area (Å²) in [6.45, 7) is 4.76. The Labute approximate surface area is 182 Å². The number of non-ortho nitro benzene ring substituents is 1. The molecule has 0 bridgehead atoms. The van der Waals surface area contributed by atoms with E-state index in [4.69, 9.17) is 0 Å². The molecular formula is C24H28N4O3. The highest BCUT2D eigenvalue weighted by molar-refractivity contribution is 5.85. The zero-order valence-corrected chi connectivity index (χ0v) is 17.7. The van der Waals surface area contributed by atoms with E-state index in [1.165, 1.54) is 11.6 Å². The Morgan fingerprint density at radius 1 is 1.00 bits per heavy atom. The van der Waals surface area contributed by atoms with E-state index in [0.29, 0.717) is 0 Å². The van der Waals surface area contributed by atoms with E-state index >= 15 is 0 Å². The maximum atomic E-state index is 12.9. The third-order valence-corrected chi connectivity index (χ3v) is 5.99. The lowest BCUT2D eigenvalue weighted by Gasteiger charge is -2.22. The van der Waals surface area contributed by atoms with Crippen molar-refractivity contribution in [1.29, 1.82) is 0 Å². The number of carbonyl (C=O) groups is 1. The van der Waals surface area contributed by atoms with Crippen LogP contribution in [0.15, 0.2) is 60.8 Å². The average Bonchev–Trinajstić information content (AvgIpc) is 3.02. The van der Waals surface area contributed by atoms with Gasteiger partial charge in [-0.1, -0.05) is 30.3 Å². The quantitative estimate of drug-likeness (QED) is 0.431. The van der Waals surface area contributed by atoms with Gasteiger partial charge in [0, 0.05) is 48.9 Å². The second-order valence-electron chi connectivity index (χ2n) is 8.11. The van der Waals surface area contributed by atoms with Gasteiger partial charge in [0.25, 0.3) is 5.69 Å². The summed E-state index contributed by atoms with van der Waals surface area (Å²) in [5.41, 5.74) is 2.28. The topological polar surface area (TPSA) is 71.6 Å². The normalized spacial score (nSPS) is 15.2. The first-order chi connectivity index (χ1) is 15.1. The van der Waals surface area contributed by atoms with E-state index < -0.39 is 4.92 Å². The predicted octanol–water partition coefficient (Wildman–Crippen LogP) is 3.72. The van der Waals surface area contributed by atoms with Crippen LogP contribution in [0.2, 0.25) is 0 Å². The van der Waals surface area contributed by atoms with E-state index in [1.54, 1.807) is 12.1 Å². The number of aromatic nitrogens is 1. The molecule has 31 heavy (non-hydrogen) atoms. The lowest BCUT2D eigenvalue weighted by molar-refractivity contribution is -0.384. The summed E-state index contributed by atoms with van der Waals surface area (Å²) in [6.07, 6.45) is 5.02. The molecule has 1 aliphatic rings. The highest BCUT2D eigenvalue weighted by Crippen LogP contribution is 2.22. The van der Waals surface area contributed by atoms with Crippen molar-refractivity contribution >= 4 is 22.5 Å². The van der Waals surface area contributed by atoms with Crippen LogP contribution in [-0.4, -0.2) is 57.9 Å². The van der Waals surface area contributed by atoms with Gasteiger partial charge in [-0.2, -0.15) is 0 Å². The van der Waals surface area contributed by atoms with Crippen molar-refractivity contribution in [2.75, 3.05) is 32.7 Å². The van der Waals surface area contributed by atoms with Crippen molar-refractivity contribution in [2.24, 2.45) is 0 Å². The molecule has 1 aliphatic heterocycles. The van der Waals surface area contributed by atoms with Crippen LogP contribution < -0.4 is 0 Å². The van der Waals surface area contributed by atoms with Crippen LogP contribution in [0, 0.1) is 10.1 Å². The molecule has 0 aliphatic carbocycles. The molecule has 3 aromatic rings. The van der Waals surface area contributed by atoms with E-state index in [1.807, 2.05) is 27.8 Å². The van der Waals surface area contributed by atoms with Crippen molar-refractivity contribution in [3.05, 3.63) is 76.5 Å². The summed E-state index contributed by atoms with van der Waals surface area (Å²) < 4.78 is 1.88. The number of nitro benzene ring substituents is 1. The molecule has 2 aromatic carbocycles. The number of amides is 1. The molecular weight excluding hydrogens is 392 g/mol. The first-order valence-corrected chi connectivity index (χ1v) is 10.9. The minimum Gasteiger partial charge on any atom is -0.340 e. The molecule has 1 saturated heterocycles. The van der Waals surface area contributed by atoms with Crippen molar-refractivity contribution < 1.29 is 9.72 Å². The molecule has 0 spiro atoms. The zero-order chi connectivity index (χ0) is 21.6. The zero-order valence-electron chi connectivity index (χ0n) is 17.7. The van der Waals surface area contributed by atoms with E-state index in [2.05, 4.69) is 29.2 Å². The standard InChI is InChI=1S/C24H28N4O3/c29-24(19-27-15-11-21-18-22(28(30)31)9-10-23(21)27)26-14-5-13-25(16-17-26)12-4-8-20-6-2-1-3-7-20/h1-3,6-7,9-11,15,18H,4-5,8,12-14,16-17,19H2. The highest BCUT2D eigenvalue weighted by Gasteiger charge is 2.20. The van der Waals surface area contributed by atoms with Crippen LogP contribution in [0.4, 0.5) is 5.69 Å². The monoisotopic (exact) mass is 420 g/mol. The molecule has 2 heterocycles. The molecule has 0 saturated carbocycles. The highest BCUT2D eigenvalue weighted by atomic mass is 16.6. The Bertz CT molecular complexity index is 1050. The van der Waals surface area contributed by atoms with Crippen molar-refractivity contribution in [1.82, 2.24) is 14.4 Å². The number of rotatable bonds is 7. The molecule has 7 nitrogen and oxygen atoms in total. The van der Waals surface area contributed by atoms with Gasteiger partial charge in [0.05, 0.1) is 4.92 Å². The Morgan fingerprint density at radius 3 is 2.65 bits per heavy atom. The fourth-order valence-corrected chi connectivity index (χ4v) is 4.28. The number of aryl methyl sites for hydroxylation is 1. The Hall–Kier alpha value is -3.19. The van der Waals surface area contributed by atoms with Gasteiger partial charge in [0.15, 0.2) is 0 Å². The van der Waals surface area contributed by atoms with Gasteiger partial charge in [-0.15, -0.1) is 0 Å². The molecule has 1 amide bonds. The van der Waals surface area contributed by atoms with E-state index in [-0.39, 0.29) is 18.1 Å². The molecule has 7 heteroatoms. The molecule has 0 unspecified atom stereocenters. The van der Waals surface area contributed by atoms with Crippen molar-refractivity contribution in [2.45, 2.75) is 25.8 Å². The van der Waals surface area contributed by atoms with E-state index in [0.717, 1.165) is 62.9 Å². The van der Waals surface area contributed by atoms with Crippen LogP contribution in [0.25, 0.3) is 10.9 Å². The Kier molecular flexibility index (Phi) is 6.62. The summed E-state index contributed by atoms with van der Waals surface area (Å²) >= 11 is 0. The van der Waals surface area contributed by atoms with Crippen molar-refractivity contribution in [3.8, 4) is 0 Å². The van der Waals surface area contributed by atoms with Crippen LogP contribution in [-0.2, 0) is 17.8 Å². The van der Waals surface area contributed by atoms with Gasteiger partial charge in [0.1, 0.15) is 6.54 Å². The smallest absolute Gasteiger partial charge is 0.270 e. The SMILES string of the molecule is O=C(Cn1ccc2cc([N+](=O)[O-])ccc21)N1CCCN(CCCc2ccccc2)CC1. The number of fused-ring (bicyclic) bond motifs is 1. The van der Waals surface area contributed by atoms with Crippen LogP contribution in [0.3, 0.4) is 0 Å². The first kappa shape index (κ1) is 21.1. The van der Waals surface area contributed by atoms with Gasteiger partial charge < -0.3 is 14.4 Å². The summed E-state index contributed by atoms with van der Waals surface area (Å²) in [7, 11) is 0. The summed E-state index contributed by atoms with van der Waals surface area (Å²) in [4.78, 5) is 27.9. The van der Waals surface area contributed by atoms with Gasteiger partial charge in [-0.05, 0) is 50.0 Å².